The summed E-state index contributed by atoms with van der Waals surface area (Å²) in [6.07, 6.45) is 67.4. The molecule has 102 heavy (non-hydrogen) atoms. The second-order valence-electron chi connectivity index (χ2n) is 29.9. The Bertz CT molecular complexity index is 2060. The molecule has 0 saturated heterocycles. The number of phosphoric acid groups is 2. The summed E-state index contributed by atoms with van der Waals surface area (Å²) in [7, 11) is -9.93. The van der Waals surface area contributed by atoms with Gasteiger partial charge in [0.05, 0.1) is 26.4 Å². The standard InChI is InChI=1S/C83H158O17P2/c1-7-10-12-14-16-18-20-22-28-33-36-40-47-53-59-65-80(85)93-71-78(99-83(88)68-62-56-50-42-38-34-30-27-25-24-26-29-31-35-39-46-52-58-64-76(6)9-3)73-97-101(89,90)95-69-77(84)70-96-102(91,92)98-74-79(72-94-81(86)66-60-54-48-44-43-45-51-57-63-75(4)5)100-82(87)67-61-55-49-41-37-32-23-21-19-17-15-13-11-8-2/h18,20,22,28,75-79,84H,7-17,19,21,23-27,29-74H2,1-6H3,(H,89,90)(H,91,92)/b20-18-,28-22-/t76?,77-,78-,79-/m1/s1. The number of esters is 4. The van der Waals surface area contributed by atoms with E-state index in [0.717, 1.165) is 121 Å². The van der Waals surface area contributed by atoms with Crippen LogP contribution in [0.5, 0.6) is 0 Å². The van der Waals surface area contributed by atoms with E-state index in [1.165, 1.54) is 212 Å². The van der Waals surface area contributed by atoms with Crippen LogP contribution in [-0.4, -0.2) is 96.7 Å². The van der Waals surface area contributed by atoms with Crippen LogP contribution in [0.3, 0.4) is 0 Å². The zero-order valence-electron chi connectivity index (χ0n) is 66.4. The van der Waals surface area contributed by atoms with Crippen LogP contribution in [0.2, 0.25) is 0 Å². The van der Waals surface area contributed by atoms with Crippen molar-refractivity contribution < 1.29 is 80.2 Å². The van der Waals surface area contributed by atoms with E-state index in [4.69, 9.17) is 37.0 Å². The number of hydrogen-bond donors (Lipinski definition) is 3. The third kappa shape index (κ3) is 74.4. The maximum Gasteiger partial charge on any atom is 0.472 e. The van der Waals surface area contributed by atoms with E-state index in [2.05, 4.69) is 65.8 Å². The number of hydrogen-bond acceptors (Lipinski definition) is 15. The molecule has 0 aromatic heterocycles. The third-order valence-corrected chi connectivity index (χ3v) is 21.1. The van der Waals surface area contributed by atoms with E-state index in [0.29, 0.717) is 25.7 Å². The summed E-state index contributed by atoms with van der Waals surface area (Å²) in [5.41, 5.74) is 0. The Morgan fingerprint density at radius 1 is 0.324 bits per heavy atom. The molecule has 6 atom stereocenters. The average Bonchev–Trinajstić information content (AvgIpc) is 0.940. The summed E-state index contributed by atoms with van der Waals surface area (Å²) in [5.74, 6) is -0.543. The first-order chi connectivity index (χ1) is 49.4. The molecule has 0 heterocycles. The first-order valence-electron chi connectivity index (χ1n) is 42.3. The number of ether oxygens (including phenoxy) is 4. The van der Waals surface area contributed by atoms with Crippen LogP contribution >= 0.6 is 15.6 Å². The molecular formula is C83H158O17P2. The summed E-state index contributed by atoms with van der Waals surface area (Å²) < 4.78 is 68.7. The Kier molecular flexibility index (Phi) is 72.2. The van der Waals surface area contributed by atoms with Gasteiger partial charge in [0, 0.05) is 25.7 Å². The Hall–Kier alpha value is -2.46. The van der Waals surface area contributed by atoms with Gasteiger partial charge >= 0.3 is 39.5 Å². The first-order valence-corrected chi connectivity index (χ1v) is 45.3. The van der Waals surface area contributed by atoms with Crippen LogP contribution in [0.4, 0.5) is 0 Å². The predicted molar refractivity (Wildman–Crippen MR) is 418 cm³/mol. The SMILES string of the molecule is CCCCCC/C=C\C=C/CCCCCCCC(=O)OC[C@H](COP(=O)(O)OC[C@@H](O)COP(=O)(O)OC[C@@H](COC(=O)CCCCCCCCCCC(C)C)OC(=O)CCCCCCCCCCCCCCCC)OC(=O)CCCCCCCCCCCCCCCCCCCCC(C)CC. The van der Waals surface area contributed by atoms with Gasteiger partial charge in [0.2, 0.25) is 0 Å². The van der Waals surface area contributed by atoms with Crippen molar-refractivity contribution in [2.45, 2.75) is 432 Å². The molecule has 0 amide bonds. The lowest BCUT2D eigenvalue weighted by Crippen LogP contribution is -2.30. The predicted octanol–water partition coefficient (Wildman–Crippen LogP) is 24.6. The van der Waals surface area contributed by atoms with Gasteiger partial charge in [0.1, 0.15) is 19.3 Å². The minimum absolute atomic E-state index is 0.102. The van der Waals surface area contributed by atoms with Crippen molar-refractivity contribution in [1.82, 2.24) is 0 Å². The Morgan fingerprint density at radius 2 is 0.578 bits per heavy atom. The molecule has 0 bridgehead atoms. The Morgan fingerprint density at radius 3 is 0.882 bits per heavy atom. The van der Waals surface area contributed by atoms with Crippen molar-refractivity contribution in [1.29, 1.82) is 0 Å². The molecule has 0 aliphatic rings. The van der Waals surface area contributed by atoms with Gasteiger partial charge in [-0.15, -0.1) is 0 Å². The highest BCUT2D eigenvalue weighted by atomic mass is 31.2. The van der Waals surface area contributed by atoms with Gasteiger partial charge in [-0.25, -0.2) is 9.13 Å². The topological polar surface area (TPSA) is 237 Å². The number of carbonyl (C=O) groups excluding carboxylic acids is 4. The summed E-state index contributed by atoms with van der Waals surface area (Å²) in [4.78, 5) is 73.1. The van der Waals surface area contributed by atoms with Gasteiger partial charge in [-0.2, -0.15) is 0 Å². The average molecular weight is 1490 g/mol. The van der Waals surface area contributed by atoms with Crippen molar-refractivity contribution in [3.8, 4) is 0 Å². The summed E-state index contributed by atoms with van der Waals surface area (Å²) >= 11 is 0. The van der Waals surface area contributed by atoms with Crippen LogP contribution in [0.25, 0.3) is 0 Å². The molecule has 0 aromatic carbocycles. The van der Waals surface area contributed by atoms with Crippen molar-refractivity contribution in [3.05, 3.63) is 24.3 Å². The molecule has 0 aliphatic carbocycles. The zero-order valence-corrected chi connectivity index (χ0v) is 68.2. The second-order valence-corrected chi connectivity index (χ2v) is 32.8. The highest BCUT2D eigenvalue weighted by Crippen LogP contribution is 2.45. The maximum absolute atomic E-state index is 13.1. The Balaban J connectivity index is 5.25. The van der Waals surface area contributed by atoms with Gasteiger partial charge < -0.3 is 33.8 Å². The molecule has 0 aromatic rings. The summed E-state index contributed by atoms with van der Waals surface area (Å²) in [5, 5.41) is 10.6. The fourth-order valence-corrected chi connectivity index (χ4v) is 13.9. The number of rotatable bonds is 80. The van der Waals surface area contributed by atoms with Crippen LogP contribution in [0, 0.1) is 11.8 Å². The molecule has 3 N–H and O–H groups in total. The molecule has 3 unspecified atom stereocenters. The molecule has 0 rings (SSSR count). The molecule has 0 fully saturated rings. The lowest BCUT2D eigenvalue weighted by Gasteiger charge is -2.21. The van der Waals surface area contributed by atoms with E-state index in [-0.39, 0.29) is 25.7 Å². The smallest absolute Gasteiger partial charge is 0.462 e. The Labute approximate surface area is 624 Å². The van der Waals surface area contributed by atoms with Crippen LogP contribution in [0.15, 0.2) is 24.3 Å². The number of aliphatic hydroxyl groups is 1. The van der Waals surface area contributed by atoms with E-state index in [1.54, 1.807) is 0 Å². The van der Waals surface area contributed by atoms with Crippen molar-refractivity contribution in [2.24, 2.45) is 11.8 Å². The second kappa shape index (κ2) is 74.0. The lowest BCUT2D eigenvalue weighted by atomic mass is 9.99. The number of allylic oxidation sites excluding steroid dienone is 4. The van der Waals surface area contributed by atoms with Crippen LogP contribution in [0.1, 0.15) is 414 Å². The molecule has 0 saturated carbocycles. The van der Waals surface area contributed by atoms with Crippen molar-refractivity contribution in [2.75, 3.05) is 39.6 Å². The van der Waals surface area contributed by atoms with Gasteiger partial charge in [0.15, 0.2) is 12.2 Å². The molecule has 17 nitrogen and oxygen atoms in total. The highest BCUT2D eigenvalue weighted by molar-refractivity contribution is 7.47. The highest BCUT2D eigenvalue weighted by Gasteiger charge is 2.30. The minimum atomic E-state index is -4.97. The van der Waals surface area contributed by atoms with Crippen molar-refractivity contribution in [3.63, 3.8) is 0 Å². The van der Waals surface area contributed by atoms with Gasteiger partial charge in [-0.3, -0.25) is 37.3 Å². The fourth-order valence-electron chi connectivity index (χ4n) is 12.3. The number of carbonyl (C=O) groups is 4. The van der Waals surface area contributed by atoms with E-state index < -0.39 is 97.5 Å². The summed E-state index contributed by atoms with van der Waals surface area (Å²) in [6.45, 7) is 9.61. The van der Waals surface area contributed by atoms with E-state index in [1.807, 2.05) is 0 Å². The van der Waals surface area contributed by atoms with Crippen molar-refractivity contribution >= 4 is 39.5 Å². The fraction of sp³-hybridized carbons (Fsp3) is 0.904. The number of aliphatic hydroxyl groups excluding tert-OH is 1. The minimum Gasteiger partial charge on any atom is -0.462 e. The largest absolute Gasteiger partial charge is 0.472 e. The number of phosphoric ester groups is 2. The first kappa shape index (κ1) is 99.5. The maximum atomic E-state index is 13.1. The van der Waals surface area contributed by atoms with Gasteiger partial charge in [-0.05, 0) is 63.2 Å². The van der Waals surface area contributed by atoms with Crippen LogP contribution < -0.4 is 0 Å². The quantitative estimate of drug-likeness (QED) is 0.0169. The lowest BCUT2D eigenvalue weighted by molar-refractivity contribution is -0.161. The molecule has 602 valence electrons. The molecule has 19 heteroatoms. The van der Waals surface area contributed by atoms with Gasteiger partial charge in [0.25, 0.3) is 0 Å². The third-order valence-electron chi connectivity index (χ3n) is 19.2. The monoisotopic (exact) mass is 1490 g/mol. The van der Waals surface area contributed by atoms with E-state index >= 15 is 0 Å². The van der Waals surface area contributed by atoms with Crippen LogP contribution in [-0.2, 0) is 65.4 Å². The van der Waals surface area contributed by atoms with Gasteiger partial charge in [-0.1, -0.05) is 361 Å². The molecule has 0 aliphatic heterocycles. The normalized spacial score (nSPS) is 14.3. The van der Waals surface area contributed by atoms with E-state index in [9.17, 15) is 43.2 Å². The molecular weight excluding hydrogens is 1330 g/mol. The summed E-state index contributed by atoms with van der Waals surface area (Å²) in [6, 6.07) is 0. The number of unbranched alkanes of at least 4 members (excludes halogenated alkanes) is 46. The molecule has 0 radical (unpaired) electrons. The zero-order chi connectivity index (χ0) is 74.9. The molecule has 0 spiro atoms.